The minimum absolute atomic E-state index is 0.150. The van der Waals surface area contributed by atoms with Crippen LogP contribution < -0.4 is 9.47 Å². The van der Waals surface area contributed by atoms with Crippen molar-refractivity contribution in [3.8, 4) is 17.2 Å². The van der Waals surface area contributed by atoms with Gasteiger partial charge in [-0.15, -0.1) is 0 Å². The van der Waals surface area contributed by atoms with Gasteiger partial charge in [-0.1, -0.05) is 55.5 Å². The van der Waals surface area contributed by atoms with E-state index in [4.69, 9.17) is 9.47 Å². The average molecular weight is 404 g/mol. The molecular formula is C26H29NO3. The van der Waals surface area contributed by atoms with Crippen LogP contribution in [-0.4, -0.2) is 43.4 Å². The molecule has 1 N–H and O–H groups in total. The quantitative estimate of drug-likeness (QED) is 0.601. The van der Waals surface area contributed by atoms with Crippen molar-refractivity contribution in [2.45, 2.75) is 18.8 Å². The molecule has 156 valence electrons. The van der Waals surface area contributed by atoms with Gasteiger partial charge in [0, 0.05) is 30.0 Å². The summed E-state index contributed by atoms with van der Waals surface area (Å²) in [5.41, 5.74) is 3.58. The first-order chi connectivity index (χ1) is 14.7. The van der Waals surface area contributed by atoms with Crippen LogP contribution in [0.2, 0.25) is 0 Å². The number of benzene rings is 3. The fraction of sp³-hybridized carbons (Fsp3) is 0.308. The summed E-state index contributed by atoms with van der Waals surface area (Å²) in [6.07, 6.45) is 0. The van der Waals surface area contributed by atoms with E-state index in [0.717, 1.165) is 30.2 Å². The lowest BCUT2D eigenvalue weighted by Gasteiger charge is -2.34. The molecule has 3 aromatic rings. The van der Waals surface area contributed by atoms with Crippen LogP contribution in [0.1, 0.15) is 35.4 Å². The van der Waals surface area contributed by atoms with Gasteiger partial charge >= 0.3 is 0 Å². The van der Waals surface area contributed by atoms with E-state index >= 15 is 0 Å². The highest BCUT2D eigenvalue weighted by Crippen LogP contribution is 2.47. The summed E-state index contributed by atoms with van der Waals surface area (Å²) in [6, 6.07) is 24.4. The fourth-order valence-corrected chi connectivity index (χ4v) is 4.05. The third-order valence-corrected chi connectivity index (χ3v) is 5.90. The molecule has 4 nitrogen and oxygen atoms in total. The van der Waals surface area contributed by atoms with Gasteiger partial charge in [0.25, 0.3) is 0 Å². The van der Waals surface area contributed by atoms with Crippen LogP contribution in [0.25, 0.3) is 0 Å². The predicted octanol–water partition coefficient (Wildman–Crippen LogP) is 5.03. The van der Waals surface area contributed by atoms with Gasteiger partial charge in [-0.25, -0.2) is 0 Å². The molecule has 30 heavy (non-hydrogen) atoms. The molecule has 0 saturated heterocycles. The Kier molecular flexibility index (Phi) is 6.24. The second kappa shape index (κ2) is 9.23. The second-order valence-electron chi connectivity index (χ2n) is 7.84. The number of rotatable bonds is 7. The van der Waals surface area contributed by atoms with Crippen LogP contribution in [0.4, 0.5) is 0 Å². The van der Waals surface area contributed by atoms with Crippen molar-refractivity contribution >= 4 is 0 Å². The van der Waals surface area contributed by atoms with E-state index in [2.05, 4.69) is 67.4 Å². The standard InChI is InChI=1S/C26H29NO3/c1-3-27(2)15-16-29-22-12-9-20(10-13-22)26-23-14-11-21(28)17-25(23)30-18-24(26)19-7-5-4-6-8-19/h4-14,17,24,26,28H,3,15-16,18H2,1-2H3/t24-,26+/m0/s1. The van der Waals surface area contributed by atoms with Gasteiger partial charge < -0.3 is 19.5 Å². The van der Waals surface area contributed by atoms with E-state index in [1.807, 2.05) is 12.1 Å². The maximum atomic E-state index is 9.90. The summed E-state index contributed by atoms with van der Waals surface area (Å²) in [4.78, 5) is 2.23. The van der Waals surface area contributed by atoms with Crippen molar-refractivity contribution in [2.75, 3.05) is 33.4 Å². The van der Waals surface area contributed by atoms with Crippen molar-refractivity contribution in [1.82, 2.24) is 4.90 Å². The Bertz CT molecular complexity index is 956. The van der Waals surface area contributed by atoms with Crippen molar-refractivity contribution in [3.05, 3.63) is 89.5 Å². The molecule has 3 aromatic carbocycles. The highest BCUT2D eigenvalue weighted by molar-refractivity contribution is 5.50. The van der Waals surface area contributed by atoms with Crippen molar-refractivity contribution < 1.29 is 14.6 Å². The molecule has 4 rings (SSSR count). The molecule has 0 bridgehead atoms. The third kappa shape index (κ3) is 4.44. The van der Waals surface area contributed by atoms with E-state index < -0.39 is 0 Å². The van der Waals surface area contributed by atoms with E-state index in [9.17, 15) is 5.11 Å². The molecule has 0 saturated carbocycles. The minimum Gasteiger partial charge on any atom is -0.508 e. The number of ether oxygens (including phenoxy) is 2. The Labute approximate surface area is 178 Å². The Balaban J connectivity index is 1.61. The summed E-state index contributed by atoms with van der Waals surface area (Å²) in [7, 11) is 2.09. The highest BCUT2D eigenvalue weighted by Gasteiger charge is 2.33. The molecule has 1 aliphatic heterocycles. The zero-order chi connectivity index (χ0) is 20.9. The molecule has 2 atom stereocenters. The molecule has 0 spiro atoms. The van der Waals surface area contributed by atoms with Crippen LogP contribution in [0.3, 0.4) is 0 Å². The zero-order valence-electron chi connectivity index (χ0n) is 17.6. The number of hydrogen-bond acceptors (Lipinski definition) is 4. The van der Waals surface area contributed by atoms with Crippen LogP contribution in [0.15, 0.2) is 72.8 Å². The first-order valence-corrected chi connectivity index (χ1v) is 10.6. The molecular weight excluding hydrogens is 374 g/mol. The van der Waals surface area contributed by atoms with E-state index in [1.54, 1.807) is 12.1 Å². The number of nitrogens with zero attached hydrogens (tertiary/aromatic N) is 1. The van der Waals surface area contributed by atoms with Gasteiger partial charge in [0.15, 0.2) is 0 Å². The number of likely N-dealkylation sites (N-methyl/N-ethyl adjacent to an activating group) is 1. The van der Waals surface area contributed by atoms with Gasteiger partial charge in [0.1, 0.15) is 23.9 Å². The molecule has 1 aliphatic rings. The Morgan fingerprint density at radius 3 is 2.50 bits per heavy atom. The summed E-state index contributed by atoms with van der Waals surface area (Å²) >= 11 is 0. The van der Waals surface area contributed by atoms with Crippen molar-refractivity contribution in [3.63, 3.8) is 0 Å². The normalized spacial score (nSPS) is 18.0. The van der Waals surface area contributed by atoms with Crippen LogP contribution >= 0.6 is 0 Å². The van der Waals surface area contributed by atoms with Crippen LogP contribution in [0, 0.1) is 0 Å². The van der Waals surface area contributed by atoms with E-state index in [0.29, 0.717) is 13.2 Å². The number of hydrogen-bond donors (Lipinski definition) is 1. The Morgan fingerprint density at radius 1 is 1.00 bits per heavy atom. The summed E-state index contributed by atoms with van der Waals surface area (Å²) in [5.74, 6) is 2.23. The lowest BCUT2D eigenvalue weighted by molar-refractivity contribution is 0.243. The van der Waals surface area contributed by atoms with Crippen LogP contribution in [0.5, 0.6) is 17.2 Å². The van der Waals surface area contributed by atoms with Gasteiger partial charge in [0.2, 0.25) is 0 Å². The number of phenols is 1. The topological polar surface area (TPSA) is 41.9 Å². The first kappa shape index (κ1) is 20.3. The maximum absolute atomic E-state index is 9.90. The Hall–Kier alpha value is -2.98. The molecule has 4 heteroatoms. The predicted molar refractivity (Wildman–Crippen MR) is 120 cm³/mol. The smallest absolute Gasteiger partial charge is 0.126 e. The molecule has 1 heterocycles. The molecule has 0 amide bonds. The van der Waals surface area contributed by atoms with Gasteiger partial charge in [-0.2, -0.15) is 0 Å². The SMILES string of the molecule is CCN(C)CCOc1ccc([C@@H]2c3ccc(O)cc3OC[C@H]2c2ccccc2)cc1. The summed E-state index contributed by atoms with van der Waals surface area (Å²) < 4.78 is 12.0. The molecule has 0 aliphatic carbocycles. The molecule has 0 aromatic heterocycles. The zero-order valence-corrected chi connectivity index (χ0v) is 17.6. The van der Waals surface area contributed by atoms with E-state index in [1.165, 1.54) is 11.1 Å². The highest BCUT2D eigenvalue weighted by atomic mass is 16.5. The van der Waals surface area contributed by atoms with Crippen molar-refractivity contribution in [1.29, 1.82) is 0 Å². The number of phenolic OH excluding ortho intramolecular Hbond substituents is 1. The van der Waals surface area contributed by atoms with Gasteiger partial charge in [-0.3, -0.25) is 0 Å². The first-order valence-electron chi connectivity index (χ1n) is 10.6. The lowest BCUT2D eigenvalue weighted by Crippen LogP contribution is -2.25. The number of fused-ring (bicyclic) bond motifs is 1. The molecule has 0 radical (unpaired) electrons. The van der Waals surface area contributed by atoms with Crippen molar-refractivity contribution in [2.24, 2.45) is 0 Å². The Morgan fingerprint density at radius 2 is 1.77 bits per heavy atom. The molecule has 0 fully saturated rings. The minimum atomic E-state index is 0.150. The van der Waals surface area contributed by atoms with E-state index in [-0.39, 0.29) is 17.6 Å². The van der Waals surface area contributed by atoms with Gasteiger partial charge in [-0.05, 0) is 42.9 Å². The van der Waals surface area contributed by atoms with Crippen LogP contribution in [-0.2, 0) is 0 Å². The maximum Gasteiger partial charge on any atom is 0.126 e. The number of aromatic hydroxyl groups is 1. The fourth-order valence-electron chi connectivity index (χ4n) is 4.05. The lowest BCUT2D eigenvalue weighted by atomic mass is 9.76. The third-order valence-electron chi connectivity index (χ3n) is 5.90. The second-order valence-corrected chi connectivity index (χ2v) is 7.84. The summed E-state index contributed by atoms with van der Waals surface area (Å²) in [5, 5.41) is 9.90. The average Bonchev–Trinajstić information content (AvgIpc) is 2.79. The summed E-state index contributed by atoms with van der Waals surface area (Å²) in [6.45, 7) is 5.32. The van der Waals surface area contributed by atoms with Gasteiger partial charge in [0.05, 0.1) is 6.61 Å². The molecule has 0 unspecified atom stereocenters. The largest absolute Gasteiger partial charge is 0.508 e. The monoisotopic (exact) mass is 403 g/mol.